The molecule has 0 radical (unpaired) electrons. The third-order valence-electron chi connectivity index (χ3n) is 3.72. The minimum Gasteiger partial charge on any atom is -0.396 e. The van der Waals surface area contributed by atoms with Crippen molar-refractivity contribution in [1.29, 1.82) is 0 Å². The van der Waals surface area contributed by atoms with Gasteiger partial charge in [-0.1, -0.05) is 0 Å². The van der Waals surface area contributed by atoms with Crippen molar-refractivity contribution in [1.82, 2.24) is 9.97 Å². The van der Waals surface area contributed by atoms with E-state index in [9.17, 15) is 0 Å². The molecule has 6 heteroatoms. The van der Waals surface area contributed by atoms with Gasteiger partial charge in [0.1, 0.15) is 17.5 Å². The highest BCUT2D eigenvalue weighted by Crippen LogP contribution is 2.28. The van der Waals surface area contributed by atoms with Crippen LogP contribution in [0.3, 0.4) is 0 Å². The van der Waals surface area contributed by atoms with Crippen LogP contribution in [0.25, 0.3) is 0 Å². The van der Waals surface area contributed by atoms with Crippen molar-refractivity contribution in [3.63, 3.8) is 0 Å². The van der Waals surface area contributed by atoms with Crippen molar-refractivity contribution in [3.8, 4) is 0 Å². The number of aromatic nitrogens is 2. The highest BCUT2D eigenvalue weighted by molar-refractivity contribution is 5.58. The first-order valence-electron chi connectivity index (χ1n) is 6.83. The number of rotatable bonds is 4. The predicted octanol–water partition coefficient (Wildman–Crippen LogP) is 0.978. The fourth-order valence-corrected chi connectivity index (χ4v) is 2.74. The Morgan fingerprint density at radius 2 is 2.21 bits per heavy atom. The van der Waals surface area contributed by atoms with E-state index in [2.05, 4.69) is 20.3 Å². The molecule has 1 aromatic heterocycles. The SMILES string of the molecule is Cc1nc(NN)c(C)c(N2CCCC(CCO)C2)n1. The third kappa shape index (κ3) is 3.13. The van der Waals surface area contributed by atoms with Crippen molar-refractivity contribution in [2.24, 2.45) is 11.8 Å². The summed E-state index contributed by atoms with van der Waals surface area (Å²) < 4.78 is 0. The number of nitrogens with one attached hydrogen (secondary N) is 1. The van der Waals surface area contributed by atoms with E-state index in [4.69, 9.17) is 10.9 Å². The fraction of sp³-hybridized carbons (Fsp3) is 0.692. The fourth-order valence-electron chi connectivity index (χ4n) is 2.74. The Hall–Kier alpha value is -1.40. The van der Waals surface area contributed by atoms with Gasteiger partial charge in [-0.15, -0.1) is 0 Å². The van der Waals surface area contributed by atoms with E-state index in [1.54, 1.807) is 0 Å². The minimum absolute atomic E-state index is 0.260. The predicted molar refractivity (Wildman–Crippen MR) is 76.0 cm³/mol. The molecule has 1 aliphatic heterocycles. The van der Waals surface area contributed by atoms with Crippen LogP contribution in [0, 0.1) is 19.8 Å². The summed E-state index contributed by atoms with van der Waals surface area (Å²) in [4.78, 5) is 11.1. The largest absolute Gasteiger partial charge is 0.396 e. The molecule has 2 heterocycles. The zero-order valence-electron chi connectivity index (χ0n) is 11.7. The van der Waals surface area contributed by atoms with Crippen LogP contribution in [-0.4, -0.2) is 34.8 Å². The lowest BCUT2D eigenvalue weighted by Crippen LogP contribution is -2.37. The van der Waals surface area contributed by atoms with Gasteiger partial charge in [-0.2, -0.15) is 0 Å². The first kappa shape index (κ1) is 14.0. The molecular weight excluding hydrogens is 242 g/mol. The molecule has 0 amide bonds. The summed E-state index contributed by atoms with van der Waals surface area (Å²) >= 11 is 0. The molecule has 0 aliphatic carbocycles. The molecule has 0 aromatic carbocycles. The van der Waals surface area contributed by atoms with Gasteiger partial charge < -0.3 is 15.4 Å². The molecule has 1 unspecified atom stereocenters. The van der Waals surface area contributed by atoms with Crippen LogP contribution >= 0.6 is 0 Å². The zero-order valence-corrected chi connectivity index (χ0v) is 11.7. The number of anilines is 2. The molecule has 0 bridgehead atoms. The monoisotopic (exact) mass is 265 g/mol. The van der Waals surface area contributed by atoms with E-state index in [1.807, 2.05) is 13.8 Å². The quantitative estimate of drug-likeness (QED) is 0.555. The van der Waals surface area contributed by atoms with E-state index in [0.29, 0.717) is 11.7 Å². The number of piperidine rings is 1. The smallest absolute Gasteiger partial charge is 0.148 e. The Morgan fingerprint density at radius 1 is 1.42 bits per heavy atom. The molecule has 1 aromatic rings. The van der Waals surface area contributed by atoms with E-state index < -0.39 is 0 Å². The van der Waals surface area contributed by atoms with E-state index in [0.717, 1.165) is 43.1 Å². The minimum atomic E-state index is 0.260. The Bertz CT molecular complexity index is 435. The van der Waals surface area contributed by atoms with Crippen LogP contribution in [-0.2, 0) is 0 Å². The van der Waals surface area contributed by atoms with E-state index in [1.165, 1.54) is 6.42 Å². The third-order valence-corrected chi connectivity index (χ3v) is 3.72. The van der Waals surface area contributed by atoms with Gasteiger partial charge in [0.15, 0.2) is 0 Å². The number of hydrogen-bond acceptors (Lipinski definition) is 6. The van der Waals surface area contributed by atoms with Crippen LogP contribution in [0.1, 0.15) is 30.7 Å². The number of aliphatic hydroxyl groups is 1. The number of hydrogen-bond donors (Lipinski definition) is 3. The van der Waals surface area contributed by atoms with Gasteiger partial charge >= 0.3 is 0 Å². The Balaban J connectivity index is 2.23. The first-order valence-corrected chi connectivity index (χ1v) is 6.83. The summed E-state index contributed by atoms with van der Waals surface area (Å²) in [7, 11) is 0. The number of nitrogens with two attached hydrogens (primary N) is 1. The van der Waals surface area contributed by atoms with Gasteiger partial charge in [-0.3, -0.25) is 0 Å². The second-order valence-corrected chi connectivity index (χ2v) is 5.18. The van der Waals surface area contributed by atoms with Crippen LogP contribution in [0.2, 0.25) is 0 Å². The van der Waals surface area contributed by atoms with Gasteiger partial charge in [0.2, 0.25) is 0 Å². The van der Waals surface area contributed by atoms with Crippen LogP contribution in [0.5, 0.6) is 0 Å². The summed E-state index contributed by atoms with van der Waals surface area (Å²) in [6.45, 7) is 6.07. The van der Waals surface area contributed by atoms with Crippen molar-refractivity contribution < 1.29 is 5.11 Å². The summed E-state index contributed by atoms with van der Waals surface area (Å²) in [5, 5.41) is 9.09. The maximum Gasteiger partial charge on any atom is 0.148 e. The molecule has 0 saturated carbocycles. The van der Waals surface area contributed by atoms with Crippen molar-refractivity contribution in [2.75, 3.05) is 30.0 Å². The zero-order chi connectivity index (χ0) is 13.8. The molecule has 4 N–H and O–H groups in total. The lowest BCUT2D eigenvalue weighted by Gasteiger charge is -2.34. The Labute approximate surface area is 114 Å². The molecule has 6 nitrogen and oxygen atoms in total. The second kappa shape index (κ2) is 6.16. The van der Waals surface area contributed by atoms with Crippen molar-refractivity contribution in [2.45, 2.75) is 33.1 Å². The average molecular weight is 265 g/mol. The van der Waals surface area contributed by atoms with E-state index >= 15 is 0 Å². The highest BCUT2D eigenvalue weighted by atomic mass is 16.3. The van der Waals surface area contributed by atoms with Crippen molar-refractivity contribution in [3.05, 3.63) is 11.4 Å². The normalized spacial score (nSPS) is 19.6. The topological polar surface area (TPSA) is 87.3 Å². The molecule has 0 spiro atoms. The first-order chi connectivity index (χ1) is 9.15. The molecule has 1 atom stereocenters. The summed E-state index contributed by atoms with van der Waals surface area (Å²) in [6.07, 6.45) is 3.18. The van der Waals surface area contributed by atoms with Crippen molar-refractivity contribution >= 4 is 11.6 Å². The number of aliphatic hydroxyl groups excluding tert-OH is 1. The maximum absolute atomic E-state index is 9.09. The summed E-state index contributed by atoms with van der Waals surface area (Å²) in [5.41, 5.74) is 3.62. The second-order valence-electron chi connectivity index (χ2n) is 5.18. The molecule has 2 rings (SSSR count). The molecule has 1 aliphatic rings. The lowest BCUT2D eigenvalue weighted by molar-refractivity contribution is 0.244. The molecule has 1 fully saturated rings. The Morgan fingerprint density at radius 3 is 2.89 bits per heavy atom. The van der Waals surface area contributed by atoms with Gasteiger partial charge in [0.05, 0.1) is 0 Å². The summed E-state index contributed by atoms with van der Waals surface area (Å²) in [6, 6.07) is 0. The standard InChI is InChI=1S/C13H23N5O/c1-9-12(17-14)15-10(2)16-13(9)18-6-3-4-11(8-18)5-7-19/h11,19H,3-8,14H2,1-2H3,(H,15,16,17). The average Bonchev–Trinajstić information content (AvgIpc) is 2.41. The van der Waals surface area contributed by atoms with Crippen LogP contribution in [0.4, 0.5) is 11.6 Å². The van der Waals surface area contributed by atoms with Gasteiger partial charge in [-0.25, -0.2) is 15.8 Å². The van der Waals surface area contributed by atoms with Crippen LogP contribution in [0.15, 0.2) is 0 Å². The Kier molecular flexibility index (Phi) is 4.55. The number of nitrogens with zero attached hydrogens (tertiary/aromatic N) is 3. The highest BCUT2D eigenvalue weighted by Gasteiger charge is 2.23. The number of nitrogen functional groups attached to an aromatic ring is 1. The molecule has 106 valence electrons. The van der Waals surface area contributed by atoms with Crippen LogP contribution < -0.4 is 16.2 Å². The maximum atomic E-state index is 9.09. The summed E-state index contributed by atoms with van der Waals surface area (Å²) in [5.74, 6) is 8.41. The molecule has 19 heavy (non-hydrogen) atoms. The van der Waals surface area contributed by atoms with Gasteiger partial charge in [0.25, 0.3) is 0 Å². The van der Waals surface area contributed by atoms with Gasteiger partial charge in [-0.05, 0) is 39.0 Å². The molecule has 1 saturated heterocycles. The van der Waals surface area contributed by atoms with E-state index in [-0.39, 0.29) is 6.61 Å². The molecular formula is C13H23N5O. The number of aryl methyl sites for hydroxylation is 1. The number of hydrazine groups is 1. The lowest BCUT2D eigenvalue weighted by atomic mass is 9.95. The van der Waals surface area contributed by atoms with Gasteiger partial charge in [0, 0.05) is 25.3 Å².